The highest BCUT2D eigenvalue weighted by Crippen LogP contribution is 2.42. The van der Waals surface area contributed by atoms with Crippen molar-refractivity contribution in [2.24, 2.45) is 0 Å². The van der Waals surface area contributed by atoms with Crippen LogP contribution in [0.1, 0.15) is 61.7 Å². The number of aromatic carboxylic acids is 1. The van der Waals surface area contributed by atoms with Crippen LogP contribution < -0.4 is 10.6 Å². The zero-order chi connectivity index (χ0) is 33.4. The van der Waals surface area contributed by atoms with Crippen LogP contribution in [0.5, 0.6) is 0 Å². The molecule has 0 aliphatic heterocycles. The van der Waals surface area contributed by atoms with Gasteiger partial charge in [0.25, 0.3) is 5.91 Å². The van der Waals surface area contributed by atoms with Crippen molar-refractivity contribution in [3.63, 3.8) is 0 Å². The Kier molecular flexibility index (Phi) is 12.4. The van der Waals surface area contributed by atoms with Gasteiger partial charge in [0.15, 0.2) is 0 Å². The molecule has 0 saturated heterocycles. The van der Waals surface area contributed by atoms with Crippen LogP contribution in [0.3, 0.4) is 0 Å². The van der Waals surface area contributed by atoms with Crippen molar-refractivity contribution in [3.05, 3.63) is 121 Å². The number of hydrogen-bond acceptors (Lipinski definition) is 6. The number of unbranched alkanes of at least 4 members (excludes halogenated alkanes) is 1. The van der Waals surface area contributed by atoms with Gasteiger partial charge in [-0.05, 0) is 60.5 Å². The lowest BCUT2D eigenvalue weighted by Crippen LogP contribution is -2.19. The van der Waals surface area contributed by atoms with Crippen molar-refractivity contribution in [1.29, 1.82) is 0 Å². The Morgan fingerprint density at radius 1 is 0.761 bits per heavy atom. The van der Waals surface area contributed by atoms with E-state index >= 15 is 0 Å². The third-order valence-electron chi connectivity index (χ3n) is 6.53. The standard InChI is InChI=1S/C33H26Cl4N2O6S/c1-2-3-17-45-33(44)19-9-11-20(12-10-19)39-31(41)29(18-7-5-4-6-8-18)46-22-15-13-21(14-16-22)38-30(40)23-24(32(42)43)26(35)28(37)27(36)25(23)34/h4-16,29H,2-3,17H2,1H3,(H,38,40)(H,39,41)(H,42,43). The largest absolute Gasteiger partial charge is 0.478 e. The average molecular weight is 720 g/mol. The maximum Gasteiger partial charge on any atom is 0.338 e. The summed E-state index contributed by atoms with van der Waals surface area (Å²) in [6.07, 6.45) is 1.70. The summed E-state index contributed by atoms with van der Waals surface area (Å²) in [5.74, 6) is -3.08. The number of carbonyl (C=O) groups is 4. The van der Waals surface area contributed by atoms with Gasteiger partial charge in [-0.25, -0.2) is 9.59 Å². The second kappa shape index (κ2) is 16.2. The summed E-state index contributed by atoms with van der Waals surface area (Å²) in [5, 5.41) is 13.2. The van der Waals surface area contributed by atoms with E-state index in [2.05, 4.69) is 10.6 Å². The van der Waals surface area contributed by atoms with Crippen LogP contribution in [0.4, 0.5) is 11.4 Å². The highest BCUT2D eigenvalue weighted by molar-refractivity contribution is 8.00. The minimum atomic E-state index is -1.51. The van der Waals surface area contributed by atoms with Crippen LogP contribution in [-0.4, -0.2) is 35.5 Å². The molecule has 46 heavy (non-hydrogen) atoms. The fourth-order valence-electron chi connectivity index (χ4n) is 4.18. The molecule has 13 heteroatoms. The minimum Gasteiger partial charge on any atom is -0.478 e. The Hall–Kier alpha value is -3.73. The van der Waals surface area contributed by atoms with Gasteiger partial charge in [-0.15, -0.1) is 11.8 Å². The minimum absolute atomic E-state index is 0.249. The Labute approximate surface area is 289 Å². The number of ether oxygens (including phenoxy) is 1. The number of halogens is 4. The molecule has 0 aliphatic carbocycles. The quantitative estimate of drug-likeness (QED) is 0.0438. The predicted molar refractivity (Wildman–Crippen MR) is 183 cm³/mol. The Morgan fingerprint density at radius 3 is 1.91 bits per heavy atom. The van der Waals surface area contributed by atoms with E-state index in [1.54, 1.807) is 48.5 Å². The van der Waals surface area contributed by atoms with Crippen molar-refractivity contribution in [1.82, 2.24) is 0 Å². The summed E-state index contributed by atoms with van der Waals surface area (Å²) >= 11 is 25.6. The predicted octanol–water partition coefficient (Wildman–Crippen LogP) is 9.68. The number of nitrogens with one attached hydrogen (secondary N) is 2. The molecule has 3 N–H and O–H groups in total. The molecule has 4 aromatic rings. The number of carbonyl (C=O) groups excluding carboxylic acids is 3. The smallest absolute Gasteiger partial charge is 0.338 e. The number of amides is 2. The molecule has 0 aromatic heterocycles. The number of carboxylic acid groups (broad SMARTS) is 1. The van der Waals surface area contributed by atoms with E-state index in [1.165, 1.54) is 11.8 Å². The van der Waals surface area contributed by atoms with Crippen molar-refractivity contribution in [2.75, 3.05) is 17.2 Å². The van der Waals surface area contributed by atoms with Crippen LogP contribution >= 0.6 is 58.2 Å². The highest BCUT2D eigenvalue weighted by atomic mass is 35.5. The third kappa shape index (κ3) is 8.54. The molecule has 0 saturated carbocycles. The van der Waals surface area contributed by atoms with Gasteiger partial charge < -0.3 is 20.5 Å². The number of anilines is 2. The van der Waals surface area contributed by atoms with Gasteiger partial charge in [0.2, 0.25) is 5.91 Å². The molecular formula is C33H26Cl4N2O6S. The van der Waals surface area contributed by atoms with Crippen LogP contribution in [-0.2, 0) is 9.53 Å². The first-order chi connectivity index (χ1) is 22.0. The lowest BCUT2D eigenvalue weighted by atomic mass is 10.1. The lowest BCUT2D eigenvalue weighted by molar-refractivity contribution is -0.115. The summed E-state index contributed by atoms with van der Waals surface area (Å²) in [7, 11) is 0. The van der Waals surface area contributed by atoms with Gasteiger partial charge in [-0.1, -0.05) is 90.1 Å². The third-order valence-corrected chi connectivity index (χ3v) is 9.60. The molecule has 238 valence electrons. The van der Waals surface area contributed by atoms with Gasteiger partial charge >= 0.3 is 11.9 Å². The van der Waals surface area contributed by atoms with E-state index in [4.69, 9.17) is 51.1 Å². The van der Waals surface area contributed by atoms with Crippen molar-refractivity contribution in [2.45, 2.75) is 29.9 Å². The van der Waals surface area contributed by atoms with Crippen molar-refractivity contribution < 1.29 is 29.0 Å². The van der Waals surface area contributed by atoms with E-state index in [0.717, 1.165) is 18.4 Å². The SMILES string of the molecule is CCCCOC(=O)c1ccc(NC(=O)C(Sc2ccc(NC(=O)c3c(Cl)c(Cl)c(Cl)c(Cl)c3C(=O)O)cc2)c2ccccc2)cc1. The molecule has 2 amide bonds. The van der Waals surface area contributed by atoms with Gasteiger partial charge in [0, 0.05) is 16.3 Å². The Bertz CT molecular complexity index is 1750. The van der Waals surface area contributed by atoms with Crippen LogP contribution in [0.15, 0.2) is 83.8 Å². The second-order valence-corrected chi connectivity index (χ2v) is 12.4. The average Bonchev–Trinajstić information content (AvgIpc) is 3.05. The molecule has 4 rings (SSSR count). The summed E-state index contributed by atoms with van der Waals surface area (Å²) < 4.78 is 5.24. The zero-order valence-electron chi connectivity index (χ0n) is 24.1. The zero-order valence-corrected chi connectivity index (χ0v) is 28.0. The van der Waals surface area contributed by atoms with Crippen molar-refractivity contribution in [3.8, 4) is 0 Å². The first-order valence-electron chi connectivity index (χ1n) is 13.8. The molecule has 4 aromatic carbocycles. The van der Waals surface area contributed by atoms with Gasteiger partial charge in [-0.3, -0.25) is 9.59 Å². The van der Waals surface area contributed by atoms with Crippen LogP contribution in [0, 0.1) is 0 Å². The summed E-state index contributed by atoms with van der Waals surface area (Å²) in [6.45, 7) is 2.36. The maximum atomic E-state index is 13.5. The fourth-order valence-corrected chi connectivity index (χ4v) is 6.23. The second-order valence-electron chi connectivity index (χ2n) is 9.75. The van der Waals surface area contributed by atoms with Crippen molar-refractivity contribution >= 4 is 93.3 Å². The lowest BCUT2D eigenvalue weighted by Gasteiger charge is -2.18. The van der Waals surface area contributed by atoms with Gasteiger partial charge in [0.1, 0.15) is 5.25 Å². The van der Waals surface area contributed by atoms with Gasteiger partial charge in [0.05, 0.1) is 43.4 Å². The molecule has 0 fully saturated rings. The Morgan fingerprint density at radius 2 is 1.33 bits per heavy atom. The summed E-state index contributed by atoms with van der Waals surface area (Å²) in [4.78, 5) is 51.4. The number of rotatable bonds is 12. The number of hydrogen-bond donors (Lipinski definition) is 3. The van der Waals surface area contributed by atoms with E-state index in [-0.39, 0.29) is 21.0 Å². The maximum absolute atomic E-state index is 13.5. The molecular weight excluding hydrogens is 694 g/mol. The molecule has 8 nitrogen and oxygen atoms in total. The van der Waals surface area contributed by atoms with Gasteiger partial charge in [-0.2, -0.15) is 0 Å². The van der Waals surface area contributed by atoms with E-state index in [9.17, 15) is 24.3 Å². The molecule has 0 aliphatic rings. The number of carboxylic acids is 1. The van der Waals surface area contributed by atoms with E-state index in [0.29, 0.717) is 28.4 Å². The fraction of sp³-hybridized carbons (Fsp3) is 0.152. The Balaban J connectivity index is 1.49. The monoisotopic (exact) mass is 718 g/mol. The van der Waals surface area contributed by atoms with E-state index in [1.807, 2.05) is 37.3 Å². The summed E-state index contributed by atoms with van der Waals surface area (Å²) in [6, 6.07) is 22.2. The molecule has 0 spiro atoms. The summed E-state index contributed by atoms with van der Waals surface area (Å²) in [5.41, 5.74) is 0.956. The molecule has 0 bridgehead atoms. The first-order valence-corrected chi connectivity index (χ1v) is 16.2. The molecule has 1 atom stereocenters. The van der Waals surface area contributed by atoms with Crippen LogP contribution in [0.25, 0.3) is 0 Å². The highest BCUT2D eigenvalue weighted by Gasteiger charge is 2.29. The normalized spacial score (nSPS) is 11.4. The molecule has 1 unspecified atom stereocenters. The molecule has 0 radical (unpaired) electrons. The first kappa shape index (κ1) is 35.1. The molecule has 0 heterocycles. The number of thioether (sulfide) groups is 1. The topological polar surface area (TPSA) is 122 Å². The number of esters is 1. The number of benzene rings is 4. The van der Waals surface area contributed by atoms with Crippen LogP contribution in [0.2, 0.25) is 20.1 Å². The van der Waals surface area contributed by atoms with E-state index < -0.39 is 39.2 Å².